The monoisotopic (exact) mass is 630 g/mol. The average Bonchev–Trinajstić information content (AvgIpc) is 3.35. The fourth-order valence-corrected chi connectivity index (χ4v) is 7.56. The molecule has 3 heterocycles. The highest BCUT2D eigenvalue weighted by Gasteiger charge is 2.31. The van der Waals surface area contributed by atoms with E-state index in [1.54, 1.807) is 16.9 Å². The molecule has 1 saturated carbocycles. The zero-order valence-corrected chi connectivity index (χ0v) is 25.4. The maximum Gasteiger partial charge on any atom is 0.263 e. The van der Waals surface area contributed by atoms with Crippen LogP contribution in [0.3, 0.4) is 0 Å². The molecule has 0 amide bonds. The van der Waals surface area contributed by atoms with Crippen LogP contribution in [0.4, 0.5) is 20.3 Å². The first-order valence-electron chi connectivity index (χ1n) is 14.3. The number of pyridine rings is 1. The van der Waals surface area contributed by atoms with Gasteiger partial charge >= 0.3 is 0 Å². The van der Waals surface area contributed by atoms with E-state index in [1.807, 2.05) is 13.8 Å². The van der Waals surface area contributed by atoms with Crippen molar-refractivity contribution in [3.63, 3.8) is 0 Å². The molecule has 0 spiro atoms. The minimum Gasteiger partial charge on any atom is -0.383 e. The van der Waals surface area contributed by atoms with Crippen molar-refractivity contribution < 1.29 is 21.9 Å². The number of nitrogens with one attached hydrogen (secondary N) is 2. The van der Waals surface area contributed by atoms with E-state index in [0.717, 1.165) is 62.1 Å². The molecule has 0 unspecified atom stereocenters. The molecule has 4 N–H and O–H groups in total. The molecule has 2 aliphatic rings. The predicted molar refractivity (Wildman–Crippen MR) is 163 cm³/mol. The predicted octanol–water partition coefficient (Wildman–Crippen LogP) is 6.01. The molecule has 1 aliphatic carbocycles. The number of anilines is 2. The molecule has 228 valence electrons. The molecule has 1 aliphatic heterocycles. The summed E-state index contributed by atoms with van der Waals surface area (Å²) in [5.74, 6) is -1.49. The number of ether oxygens (including phenoxy) is 1. The molecule has 0 bridgehead atoms. The molecule has 6 rings (SSSR count). The second kappa shape index (κ2) is 11.6. The molecule has 2 aromatic carbocycles. The molecule has 2 fully saturated rings. The minimum atomic E-state index is -4.29. The minimum absolute atomic E-state index is 0.0466. The Labute approximate surface area is 253 Å². The smallest absolute Gasteiger partial charge is 0.263 e. The van der Waals surface area contributed by atoms with Crippen LogP contribution in [0.2, 0.25) is 5.02 Å². The highest BCUT2D eigenvalue weighted by Crippen LogP contribution is 2.42. The third-order valence-corrected chi connectivity index (χ3v) is 10.1. The zero-order chi connectivity index (χ0) is 30.5. The summed E-state index contributed by atoms with van der Waals surface area (Å²) >= 11 is 6.03. The van der Waals surface area contributed by atoms with Crippen molar-refractivity contribution in [2.45, 2.75) is 68.5 Å². The summed E-state index contributed by atoms with van der Waals surface area (Å²) in [5.41, 5.74) is 7.55. The number of aromatic nitrogens is 3. The lowest BCUT2D eigenvalue weighted by molar-refractivity contribution is -0.0121. The number of halogens is 3. The summed E-state index contributed by atoms with van der Waals surface area (Å²) in [4.78, 5) is 4.21. The summed E-state index contributed by atoms with van der Waals surface area (Å²) in [7, 11) is -4.29. The van der Waals surface area contributed by atoms with Crippen molar-refractivity contribution in [1.82, 2.24) is 20.1 Å². The van der Waals surface area contributed by atoms with Gasteiger partial charge in [0.2, 0.25) is 0 Å². The number of nitrogens with two attached hydrogens (primary N) is 1. The summed E-state index contributed by atoms with van der Waals surface area (Å²) < 4.78 is 66.1. The summed E-state index contributed by atoms with van der Waals surface area (Å²) in [6, 6.07) is 8.19. The Hall–Kier alpha value is -3.32. The van der Waals surface area contributed by atoms with Crippen LogP contribution in [-0.4, -0.2) is 48.5 Å². The van der Waals surface area contributed by atoms with Crippen molar-refractivity contribution >= 4 is 44.0 Å². The van der Waals surface area contributed by atoms with Crippen LogP contribution in [0.25, 0.3) is 22.2 Å². The quantitative estimate of drug-likeness (QED) is 0.218. The molecule has 0 radical (unpaired) electrons. The molecule has 43 heavy (non-hydrogen) atoms. The fourth-order valence-electron chi connectivity index (χ4n) is 5.98. The number of hydrogen-bond donors (Lipinski definition) is 3. The van der Waals surface area contributed by atoms with Crippen LogP contribution in [0.15, 0.2) is 47.5 Å². The number of rotatable bonds is 8. The van der Waals surface area contributed by atoms with Crippen LogP contribution in [-0.2, 0) is 14.8 Å². The van der Waals surface area contributed by atoms with Crippen molar-refractivity contribution in [3.8, 4) is 11.3 Å². The number of hydrogen-bond acceptors (Lipinski definition) is 7. The number of benzene rings is 2. The number of nitrogens with zero attached hydrogens (tertiary/aromatic N) is 3. The van der Waals surface area contributed by atoms with E-state index in [2.05, 4.69) is 15.0 Å². The van der Waals surface area contributed by atoms with Gasteiger partial charge in [0.1, 0.15) is 28.0 Å². The van der Waals surface area contributed by atoms with E-state index >= 15 is 8.78 Å². The van der Waals surface area contributed by atoms with Crippen molar-refractivity contribution in [3.05, 3.63) is 64.8 Å². The van der Waals surface area contributed by atoms with Crippen LogP contribution >= 0.6 is 11.6 Å². The Morgan fingerprint density at radius 1 is 1.07 bits per heavy atom. The van der Waals surface area contributed by atoms with Gasteiger partial charge in [-0.05, 0) is 69.2 Å². The molecule has 2 aromatic heterocycles. The summed E-state index contributed by atoms with van der Waals surface area (Å²) in [6.45, 7) is 5.43. The van der Waals surface area contributed by atoms with Crippen LogP contribution in [0, 0.1) is 11.6 Å². The SMILES string of the molecule is CC(C)n1nc(-c2cc(F)c(NS(=O)(=O)c3ccccc3Cl)cc2F)c2c(N)ncc(C3CCC(NC4COC4)CC3)c21. The molecule has 1 saturated heterocycles. The number of nitrogen functional groups attached to an aromatic ring is 1. The van der Waals surface area contributed by atoms with Gasteiger partial charge in [-0.3, -0.25) is 9.40 Å². The average molecular weight is 631 g/mol. The van der Waals surface area contributed by atoms with Gasteiger partial charge in [0.05, 0.1) is 40.9 Å². The molecular weight excluding hydrogens is 598 g/mol. The highest BCUT2D eigenvalue weighted by atomic mass is 35.5. The molecule has 9 nitrogen and oxygen atoms in total. The van der Waals surface area contributed by atoms with E-state index in [4.69, 9.17) is 27.2 Å². The van der Waals surface area contributed by atoms with Gasteiger partial charge in [-0.2, -0.15) is 5.10 Å². The fraction of sp³-hybridized carbons (Fsp3) is 0.400. The first-order valence-corrected chi connectivity index (χ1v) is 16.2. The standard InChI is InChI=1S/C30H33ClF2N6O3S/c1-16(2)39-29-21(17-7-9-18(10-8-17)36-19-14-42-15-19)13-35-30(34)27(29)28(37-39)20-11-24(33)25(12-23(20)32)38-43(40,41)26-6-4-3-5-22(26)31/h3-6,11-13,16-19,36,38H,7-10,14-15H2,1-2H3,(H2,34,35). The first kappa shape index (κ1) is 29.7. The normalized spacial score (nSPS) is 19.6. The van der Waals surface area contributed by atoms with Crippen LogP contribution < -0.4 is 15.8 Å². The van der Waals surface area contributed by atoms with E-state index in [9.17, 15) is 8.42 Å². The van der Waals surface area contributed by atoms with Crippen molar-refractivity contribution in [1.29, 1.82) is 0 Å². The Morgan fingerprint density at radius 2 is 1.79 bits per heavy atom. The third kappa shape index (κ3) is 5.68. The zero-order valence-electron chi connectivity index (χ0n) is 23.8. The Bertz CT molecular complexity index is 1790. The van der Waals surface area contributed by atoms with Gasteiger partial charge in [-0.1, -0.05) is 23.7 Å². The Balaban J connectivity index is 1.36. The van der Waals surface area contributed by atoms with Gasteiger partial charge < -0.3 is 15.8 Å². The number of fused-ring (bicyclic) bond motifs is 1. The molecule has 0 atom stereocenters. The second-order valence-electron chi connectivity index (χ2n) is 11.5. The lowest BCUT2D eigenvalue weighted by atomic mass is 9.81. The molecular formula is C30H33ClF2N6O3S. The van der Waals surface area contributed by atoms with Crippen LogP contribution in [0.5, 0.6) is 0 Å². The maximum atomic E-state index is 15.7. The van der Waals surface area contributed by atoms with E-state index in [-0.39, 0.29) is 39.0 Å². The lowest BCUT2D eigenvalue weighted by Crippen LogP contribution is -2.51. The summed E-state index contributed by atoms with van der Waals surface area (Å²) in [5, 5.41) is 8.79. The van der Waals surface area contributed by atoms with Crippen molar-refractivity contribution in [2.24, 2.45) is 0 Å². The first-order chi connectivity index (χ1) is 20.5. The van der Waals surface area contributed by atoms with E-state index < -0.39 is 27.3 Å². The highest BCUT2D eigenvalue weighted by molar-refractivity contribution is 7.92. The van der Waals surface area contributed by atoms with Crippen molar-refractivity contribution in [2.75, 3.05) is 23.7 Å². The molecule has 4 aromatic rings. The van der Waals surface area contributed by atoms with Crippen LogP contribution in [0.1, 0.15) is 57.1 Å². The van der Waals surface area contributed by atoms with Gasteiger partial charge in [-0.25, -0.2) is 22.2 Å². The van der Waals surface area contributed by atoms with Gasteiger partial charge in [0.15, 0.2) is 0 Å². The lowest BCUT2D eigenvalue weighted by Gasteiger charge is -2.35. The largest absolute Gasteiger partial charge is 0.383 e. The van der Waals surface area contributed by atoms with Gasteiger partial charge in [0, 0.05) is 29.9 Å². The maximum absolute atomic E-state index is 15.7. The number of sulfonamides is 1. The topological polar surface area (TPSA) is 124 Å². The summed E-state index contributed by atoms with van der Waals surface area (Å²) in [6.07, 6.45) is 5.66. The Kier molecular flexibility index (Phi) is 8.05. The van der Waals surface area contributed by atoms with E-state index in [0.29, 0.717) is 17.5 Å². The third-order valence-electron chi connectivity index (χ3n) is 8.23. The van der Waals surface area contributed by atoms with Gasteiger partial charge in [0.25, 0.3) is 10.0 Å². The Morgan fingerprint density at radius 3 is 2.44 bits per heavy atom. The second-order valence-corrected chi connectivity index (χ2v) is 13.6. The molecule has 13 heteroatoms. The van der Waals surface area contributed by atoms with Gasteiger partial charge in [-0.15, -0.1) is 0 Å². The van der Waals surface area contributed by atoms with E-state index in [1.165, 1.54) is 18.2 Å².